The number of H-pyrrole nitrogens is 1. The molecule has 1 aromatic heterocycles. The average Bonchev–Trinajstić information content (AvgIpc) is 3.49. The highest BCUT2D eigenvalue weighted by molar-refractivity contribution is 5.96. The molecule has 37 heavy (non-hydrogen) atoms. The third kappa shape index (κ3) is 6.64. The van der Waals surface area contributed by atoms with Gasteiger partial charge < -0.3 is 36.5 Å². The molecule has 3 rings (SSSR count). The summed E-state index contributed by atoms with van der Waals surface area (Å²) >= 11 is 0. The first-order valence-corrected chi connectivity index (χ1v) is 12.2. The van der Waals surface area contributed by atoms with Gasteiger partial charge in [-0.1, -0.05) is 32.0 Å². The Morgan fingerprint density at radius 3 is 2.41 bits per heavy atom. The maximum Gasteiger partial charge on any atom is 0.326 e. The number of nitrogens with one attached hydrogen (secondary N) is 3. The molecule has 1 saturated heterocycles. The molecule has 0 bridgehead atoms. The van der Waals surface area contributed by atoms with Crippen molar-refractivity contribution in [3.63, 3.8) is 0 Å². The molecule has 200 valence electrons. The minimum absolute atomic E-state index is 0.0245. The van der Waals surface area contributed by atoms with E-state index in [0.29, 0.717) is 18.4 Å². The average molecular weight is 516 g/mol. The van der Waals surface area contributed by atoms with Crippen LogP contribution < -0.4 is 16.4 Å². The number of aromatic nitrogens is 1. The minimum Gasteiger partial charge on any atom is -0.481 e. The van der Waals surface area contributed by atoms with Gasteiger partial charge in [-0.25, -0.2) is 4.79 Å². The molecule has 0 aliphatic carbocycles. The van der Waals surface area contributed by atoms with E-state index in [0.717, 1.165) is 10.9 Å². The van der Waals surface area contributed by atoms with Crippen LogP contribution in [0.15, 0.2) is 30.5 Å². The lowest BCUT2D eigenvalue weighted by atomic mass is 10.0. The Balaban J connectivity index is 1.89. The normalized spacial score (nSPS) is 17.8. The zero-order valence-corrected chi connectivity index (χ0v) is 20.8. The van der Waals surface area contributed by atoms with Crippen molar-refractivity contribution < 1.29 is 34.2 Å². The number of aromatic amines is 1. The zero-order valence-electron chi connectivity index (χ0n) is 20.8. The van der Waals surface area contributed by atoms with Crippen LogP contribution >= 0.6 is 0 Å². The van der Waals surface area contributed by atoms with Crippen molar-refractivity contribution in [1.29, 1.82) is 0 Å². The van der Waals surface area contributed by atoms with Gasteiger partial charge >= 0.3 is 11.9 Å². The van der Waals surface area contributed by atoms with Gasteiger partial charge in [0, 0.05) is 30.1 Å². The van der Waals surface area contributed by atoms with Gasteiger partial charge in [-0.15, -0.1) is 0 Å². The van der Waals surface area contributed by atoms with Crippen LogP contribution in [0.5, 0.6) is 0 Å². The fourth-order valence-electron chi connectivity index (χ4n) is 4.43. The summed E-state index contributed by atoms with van der Waals surface area (Å²) in [5, 5.41) is 24.7. The Hall–Kier alpha value is -3.93. The number of likely N-dealkylation sites (tertiary alicyclic amines) is 1. The first-order chi connectivity index (χ1) is 17.5. The summed E-state index contributed by atoms with van der Waals surface area (Å²) in [6.07, 6.45) is 1.79. The molecule has 4 atom stereocenters. The summed E-state index contributed by atoms with van der Waals surface area (Å²) in [7, 11) is 0. The summed E-state index contributed by atoms with van der Waals surface area (Å²) < 4.78 is 0. The Kier molecular flexibility index (Phi) is 8.87. The number of para-hydroxylation sites is 1. The minimum atomic E-state index is -1.48. The molecular formula is C25H33N5O7. The number of carboxylic acid groups (broad SMARTS) is 2. The SMILES string of the molecule is CC(C)C(N)C(=O)NC(CC(=O)O)C(=O)NC(Cc1c[nH]c2ccccc12)C(=O)N1CCCC1C(=O)O. The largest absolute Gasteiger partial charge is 0.481 e. The molecule has 7 N–H and O–H groups in total. The molecular weight excluding hydrogens is 482 g/mol. The third-order valence-electron chi connectivity index (χ3n) is 6.57. The number of rotatable bonds is 11. The Morgan fingerprint density at radius 1 is 1.08 bits per heavy atom. The molecule has 3 amide bonds. The third-order valence-corrected chi connectivity index (χ3v) is 6.57. The number of hydrogen-bond donors (Lipinski definition) is 6. The highest BCUT2D eigenvalue weighted by atomic mass is 16.4. The van der Waals surface area contributed by atoms with E-state index in [9.17, 15) is 34.2 Å². The lowest BCUT2D eigenvalue weighted by molar-refractivity contribution is -0.149. The first kappa shape index (κ1) is 27.7. The second kappa shape index (κ2) is 11.9. The van der Waals surface area contributed by atoms with Gasteiger partial charge in [-0.3, -0.25) is 19.2 Å². The number of nitrogens with zero attached hydrogens (tertiary/aromatic N) is 1. The molecule has 0 spiro atoms. The van der Waals surface area contributed by atoms with Crippen LogP contribution in [0.3, 0.4) is 0 Å². The van der Waals surface area contributed by atoms with E-state index in [1.165, 1.54) is 4.90 Å². The van der Waals surface area contributed by atoms with Gasteiger partial charge in [-0.2, -0.15) is 0 Å². The van der Waals surface area contributed by atoms with E-state index < -0.39 is 60.2 Å². The predicted octanol–water partition coefficient (Wildman–Crippen LogP) is 0.214. The number of nitrogens with two attached hydrogens (primary N) is 1. The van der Waals surface area contributed by atoms with Crippen molar-refractivity contribution in [2.75, 3.05) is 6.54 Å². The van der Waals surface area contributed by atoms with Gasteiger partial charge in [0.05, 0.1) is 12.5 Å². The Labute approximate surface area is 213 Å². The van der Waals surface area contributed by atoms with Crippen LogP contribution in [-0.2, 0) is 30.4 Å². The Bertz CT molecular complexity index is 1180. The topological polar surface area (TPSA) is 195 Å². The van der Waals surface area contributed by atoms with Crippen molar-refractivity contribution in [3.8, 4) is 0 Å². The van der Waals surface area contributed by atoms with Gasteiger partial charge in [-0.05, 0) is 30.4 Å². The summed E-state index contributed by atoms with van der Waals surface area (Å²) in [6, 6.07) is 2.71. The van der Waals surface area contributed by atoms with Gasteiger partial charge in [0.1, 0.15) is 18.1 Å². The summed E-state index contributed by atoms with van der Waals surface area (Å²) in [4.78, 5) is 66.7. The van der Waals surface area contributed by atoms with Crippen LogP contribution in [0, 0.1) is 5.92 Å². The number of carbonyl (C=O) groups is 5. The molecule has 1 aromatic carbocycles. The molecule has 2 heterocycles. The second-order valence-electron chi connectivity index (χ2n) is 9.58. The summed E-state index contributed by atoms with van der Waals surface area (Å²) in [5.74, 6) is -4.89. The highest BCUT2D eigenvalue weighted by Crippen LogP contribution is 2.23. The van der Waals surface area contributed by atoms with Crippen LogP contribution in [0.2, 0.25) is 0 Å². The smallest absolute Gasteiger partial charge is 0.326 e. The zero-order chi connectivity index (χ0) is 27.3. The summed E-state index contributed by atoms with van der Waals surface area (Å²) in [5.41, 5.74) is 7.37. The number of benzene rings is 1. The standard InChI is InChI=1S/C25H33N5O7/c1-13(2)21(26)23(34)28-17(11-20(31)32)22(33)29-18(24(35)30-9-5-8-19(30)25(36)37)10-14-12-27-16-7-4-3-6-15(14)16/h3-4,6-7,12-13,17-19,21,27H,5,8-11,26H2,1-2H3,(H,28,34)(H,29,33)(H,31,32)(H,36,37). The number of aliphatic carboxylic acids is 2. The maximum absolute atomic E-state index is 13.5. The lowest BCUT2D eigenvalue weighted by Gasteiger charge is -2.29. The van der Waals surface area contributed by atoms with E-state index in [4.69, 9.17) is 5.73 Å². The van der Waals surface area contributed by atoms with E-state index in [-0.39, 0.29) is 18.9 Å². The molecule has 12 heteroatoms. The molecule has 0 radical (unpaired) electrons. The fourth-order valence-corrected chi connectivity index (χ4v) is 4.43. The Morgan fingerprint density at radius 2 is 1.76 bits per heavy atom. The van der Waals surface area contributed by atoms with E-state index in [1.807, 2.05) is 24.3 Å². The van der Waals surface area contributed by atoms with Crippen LogP contribution in [0.1, 0.15) is 38.7 Å². The molecule has 12 nitrogen and oxygen atoms in total. The molecule has 1 fully saturated rings. The lowest BCUT2D eigenvalue weighted by Crippen LogP contribution is -2.58. The van der Waals surface area contributed by atoms with Crippen molar-refractivity contribution in [2.45, 2.75) is 63.7 Å². The predicted molar refractivity (Wildman–Crippen MR) is 133 cm³/mol. The molecule has 1 aliphatic rings. The number of carboxylic acids is 2. The number of fused-ring (bicyclic) bond motifs is 1. The van der Waals surface area contributed by atoms with E-state index in [2.05, 4.69) is 15.6 Å². The van der Waals surface area contributed by atoms with Gasteiger partial charge in [0.25, 0.3) is 0 Å². The monoisotopic (exact) mass is 515 g/mol. The van der Waals surface area contributed by atoms with Crippen LogP contribution in [-0.4, -0.2) is 80.5 Å². The van der Waals surface area contributed by atoms with Crippen LogP contribution in [0.4, 0.5) is 0 Å². The molecule has 2 aromatic rings. The number of hydrogen-bond acceptors (Lipinski definition) is 6. The quantitative estimate of drug-likeness (QED) is 0.244. The number of amides is 3. The second-order valence-corrected chi connectivity index (χ2v) is 9.58. The summed E-state index contributed by atoms with van der Waals surface area (Å²) in [6.45, 7) is 3.64. The molecule has 4 unspecified atom stereocenters. The van der Waals surface area contributed by atoms with Gasteiger partial charge in [0.15, 0.2) is 0 Å². The van der Waals surface area contributed by atoms with Crippen molar-refractivity contribution in [2.24, 2.45) is 11.7 Å². The van der Waals surface area contributed by atoms with Crippen molar-refractivity contribution in [1.82, 2.24) is 20.5 Å². The van der Waals surface area contributed by atoms with E-state index in [1.54, 1.807) is 20.0 Å². The molecule has 1 aliphatic heterocycles. The van der Waals surface area contributed by atoms with E-state index >= 15 is 0 Å². The highest BCUT2D eigenvalue weighted by Gasteiger charge is 2.39. The number of carbonyl (C=O) groups excluding carboxylic acids is 3. The van der Waals surface area contributed by atoms with Crippen molar-refractivity contribution in [3.05, 3.63) is 36.0 Å². The molecule has 0 saturated carbocycles. The van der Waals surface area contributed by atoms with Crippen LogP contribution in [0.25, 0.3) is 10.9 Å². The van der Waals surface area contributed by atoms with Crippen molar-refractivity contribution >= 4 is 40.6 Å². The first-order valence-electron chi connectivity index (χ1n) is 12.2. The fraction of sp³-hybridized carbons (Fsp3) is 0.480. The van der Waals surface area contributed by atoms with Gasteiger partial charge in [0.2, 0.25) is 17.7 Å². The maximum atomic E-state index is 13.5.